The number of benzene rings is 1. The number of fused-ring (bicyclic) bond motifs is 1. The molecule has 24 heavy (non-hydrogen) atoms. The molecule has 1 aliphatic heterocycles. The van der Waals surface area contributed by atoms with E-state index in [1.807, 2.05) is 42.7 Å². The van der Waals surface area contributed by atoms with Crippen molar-refractivity contribution in [2.75, 3.05) is 31.1 Å². The molecule has 7 heteroatoms. The Balaban J connectivity index is 1.46. The molecule has 122 valence electrons. The van der Waals surface area contributed by atoms with E-state index in [0.29, 0.717) is 17.6 Å². The summed E-state index contributed by atoms with van der Waals surface area (Å²) in [6.07, 6.45) is 3.62. The lowest BCUT2D eigenvalue weighted by molar-refractivity contribution is 0.189. The van der Waals surface area contributed by atoms with Crippen molar-refractivity contribution in [3.8, 4) is 0 Å². The maximum Gasteiger partial charge on any atom is 0.278 e. The summed E-state index contributed by atoms with van der Waals surface area (Å²) in [5, 5.41) is 8.82. The molecule has 1 fully saturated rings. The van der Waals surface area contributed by atoms with Gasteiger partial charge in [-0.05, 0) is 24.3 Å². The highest BCUT2D eigenvalue weighted by molar-refractivity contribution is 5.76. The molecule has 3 aromatic rings. The Kier molecular flexibility index (Phi) is 3.92. The number of pyridine rings is 1. The third-order valence-electron chi connectivity index (χ3n) is 4.36. The van der Waals surface area contributed by atoms with Gasteiger partial charge in [-0.15, -0.1) is 5.10 Å². The summed E-state index contributed by atoms with van der Waals surface area (Å²) in [5.41, 5.74) is 1.74. The minimum absolute atomic E-state index is 0.0860. The second-order valence-electron chi connectivity index (χ2n) is 5.86. The van der Waals surface area contributed by atoms with Gasteiger partial charge >= 0.3 is 0 Å². The van der Waals surface area contributed by atoms with Gasteiger partial charge in [0.2, 0.25) is 0 Å². The molecule has 0 atom stereocenters. The lowest BCUT2D eigenvalue weighted by Crippen LogP contribution is -2.48. The van der Waals surface area contributed by atoms with Crippen LogP contribution in [0.4, 0.5) is 5.69 Å². The standard InChI is InChI=1S/C17H18N6O/c24-17-15-3-1-2-4-16(15)19-20-23(17)13-21-9-11-22(12-10-21)14-5-7-18-8-6-14/h1-8H,9-13H2. The first-order chi connectivity index (χ1) is 11.8. The van der Waals surface area contributed by atoms with E-state index in [2.05, 4.69) is 25.1 Å². The number of nitrogens with zero attached hydrogens (tertiary/aromatic N) is 6. The molecule has 0 N–H and O–H groups in total. The molecule has 1 aromatic carbocycles. The monoisotopic (exact) mass is 322 g/mol. The topological polar surface area (TPSA) is 67.2 Å². The van der Waals surface area contributed by atoms with Crippen molar-refractivity contribution in [3.63, 3.8) is 0 Å². The van der Waals surface area contributed by atoms with Gasteiger partial charge in [0.15, 0.2) is 0 Å². The first kappa shape index (κ1) is 14.8. The van der Waals surface area contributed by atoms with Crippen LogP contribution in [0.15, 0.2) is 53.6 Å². The third-order valence-corrected chi connectivity index (χ3v) is 4.36. The van der Waals surface area contributed by atoms with Gasteiger partial charge in [0.05, 0.1) is 12.1 Å². The molecule has 2 aromatic heterocycles. The zero-order valence-electron chi connectivity index (χ0n) is 13.2. The number of aromatic nitrogens is 4. The van der Waals surface area contributed by atoms with Crippen LogP contribution in [-0.4, -0.2) is 51.1 Å². The predicted octanol–water partition coefficient (Wildman–Crippen LogP) is 0.966. The van der Waals surface area contributed by atoms with E-state index in [0.717, 1.165) is 26.2 Å². The Hall–Kier alpha value is -2.80. The van der Waals surface area contributed by atoms with E-state index in [9.17, 15) is 4.79 Å². The van der Waals surface area contributed by atoms with Crippen molar-refractivity contribution >= 4 is 16.6 Å². The molecule has 0 amide bonds. The van der Waals surface area contributed by atoms with Crippen LogP contribution >= 0.6 is 0 Å². The first-order valence-corrected chi connectivity index (χ1v) is 8.01. The quantitative estimate of drug-likeness (QED) is 0.716. The van der Waals surface area contributed by atoms with Crippen LogP contribution in [0.1, 0.15) is 0 Å². The molecule has 0 saturated carbocycles. The summed E-state index contributed by atoms with van der Waals surface area (Å²) in [4.78, 5) is 21.1. The smallest absolute Gasteiger partial charge is 0.278 e. The van der Waals surface area contributed by atoms with Gasteiger partial charge in [0.1, 0.15) is 5.52 Å². The third kappa shape index (κ3) is 2.85. The molecule has 0 radical (unpaired) electrons. The van der Waals surface area contributed by atoms with Gasteiger partial charge in [-0.3, -0.25) is 14.7 Å². The van der Waals surface area contributed by atoms with Gasteiger partial charge in [0.25, 0.3) is 5.56 Å². The van der Waals surface area contributed by atoms with Crippen molar-refractivity contribution in [1.82, 2.24) is 24.9 Å². The normalized spacial score (nSPS) is 15.8. The summed E-state index contributed by atoms with van der Waals surface area (Å²) in [7, 11) is 0. The van der Waals surface area contributed by atoms with Gasteiger partial charge in [0, 0.05) is 44.3 Å². The van der Waals surface area contributed by atoms with E-state index < -0.39 is 0 Å². The van der Waals surface area contributed by atoms with Crippen LogP contribution in [-0.2, 0) is 6.67 Å². The molecule has 0 unspecified atom stereocenters. The zero-order chi connectivity index (χ0) is 16.4. The zero-order valence-corrected chi connectivity index (χ0v) is 13.2. The Bertz CT molecular complexity index is 886. The Morgan fingerprint density at radius 2 is 1.71 bits per heavy atom. The summed E-state index contributed by atoms with van der Waals surface area (Å²) in [5.74, 6) is 0. The SMILES string of the molecule is O=c1c2ccccc2nnn1CN1CCN(c2ccncc2)CC1. The van der Waals surface area contributed by atoms with Crippen molar-refractivity contribution in [3.05, 3.63) is 59.1 Å². The highest BCUT2D eigenvalue weighted by atomic mass is 16.1. The highest BCUT2D eigenvalue weighted by Gasteiger charge is 2.18. The van der Waals surface area contributed by atoms with Crippen LogP contribution in [0.2, 0.25) is 0 Å². The molecule has 1 aliphatic rings. The number of rotatable bonds is 3. The molecule has 0 aliphatic carbocycles. The fraction of sp³-hybridized carbons (Fsp3) is 0.294. The average Bonchev–Trinajstić information content (AvgIpc) is 2.66. The van der Waals surface area contributed by atoms with Crippen LogP contribution in [0.5, 0.6) is 0 Å². The second kappa shape index (κ2) is 6.37. The van der Waals surface area contributed by atoms with Gasteiger partial charge in [-0.2, -0.15) is 4.68 Å². The van der Waals surface area contributed by atoms with Gasteiger partial charge in [-0.1, -0.05) is 17.3 Å². The molecular formula is C17H18N6O. The van der Waals surface area contributed by atoms with Gasteiger partial charge in [-0.25, -0.2) is 0 Å². The maximum absolute atomic E-state index is 12.5. The van der Waals surface area contributed by atoms with Gasteiger partial charge < -0.3 is 4.90 Å². The molecule has 0 bridgehead atoms. The lowest BCUT2D eigenvalue weighted by atomic mass is 10.2. The summed E-state index contributed by atoms with van der Waals surface area (Å²) < 4.78 is 1.45. The summed E-state index contributed by atoms with van der Waals surface area (Å²) in [6, 6.07) is 11.4. The number of anilines is 1. The van der Waals surface area contributed by atoms with Crippen molar-refractivity contribution < 1.29 is 0 Å². The fourth-order valence-electron chi connectivity index (χ4n) is 3.01. The minimum atomic E-state index is -0.0860. The molecule has 4 rings (SSSR count). The van der Waals surface area contributed by atoms with Crippen LogP contribution in [0, 0.1) is 0 Å². The lowest BCUT2D eigenvalue weighted by Gasteiger charge is -2.35. The number of piperazine rings is 1. The van der Waals surface area contributed by atoms with E-state index in [4.69, 9.17) is 0 Å². The Morgan fingerprint density at radius 1 is 0.958 bits per heavy atom. The summed E-state index contributed by atoms with van der Waals surface area (Å²) >= 11 is 0. The van der Waals surface area contributed by atoms with Crippen LogP contribution < -0.4 is 10.5 Å². The number of hydrogen-bond acceptors (Lipinski definition) is 6. The van der Waals surface area contributed by atoms with Crippen molar-refractivity contribution in [1.29, 1.82) is 0 Å². The Labute approximate surface area is 139 Å². The Morgan fingerprint density at radius 3 is 2.50 bits per heavy atom. The fourth-order valence-corrected chi connectivity index (χ4v) is 3.01. The van der Waals surface area contributed by atoms with Crippen LogP contribution in [0.3, 0.4) is 0 Å². The van der Waals surface area contributed by atoms with E-state index >= 15 is 0 Å². The van der Waals surface area contributed by atoms with E-state index in [-0.39, 0.29) is 5.56 Å². The highest BCUT2D eigenvalue weighted by Crippen LogP contribution is 2.14. The minimum Gasteiger partial charge on any atom is -0.369 e. The first-order valence-electron chi connectivity index (χ1n) is 8.01. The molecule has 0 spiro atoms. The van der Waals surface area contributed by atoms with Crippen LogP contribution in [0.25, 0.3) is 10.9 Å². The molecule has 7 nitrogen and oxygen atoms in total. The molecule has 3 heterocycles. The maximum atomic E-state index is 12.5. The van der Waals surface area contributed by atoms with Crippen molar-refractivity contribution in [2.45, 2.75) is 6.67 Å². The van der Waals surface area contributed by atoms with E-state index in [1.165, 1.54) is 10.4 Å². The summed E-state index contributed by atoms with van der Waals surface area (Å²) in [6.45, 7) is 4.06. The van der Waals surface area contributed by atoms with E-state index in [1.54, 1.807) is 6.07 Å². The van der Waals surface area contributed by atoms with Crippen molar-refractivity contribution in [2.24, 2.45) is 0 Å². The molecular weight excluding hydrogens is 304 g/mol. The molecule has 1 saturated heterocycles. The second-order valence-corrected chi connectivity index (χ2v) is 5.86. The predicted molar refractivity (Wildman–Crippen MR) is 91.8 cm³/mol. The average molecular weight is 322 g/mol. The number of hydrogen-bond donors (Lipinski definition) is 0. The largest absolute Gasteiger partial charge is 0.369 e.